The van der Waals surface area contributed by atoms with Crippen LogP contribution in [0, 0.1) is 13.8 Å². The average Bonchev–Trinajstić information content (AvgIpc) is 2.18. The third kappa shape index (κ3) is 3.39. The van der Waals surface area contributed by atoms with E-state index in [9.17, 15) is 4.79 Å². The van der Waals surface area contributed by atoms with Crippen molar-refractivity contribution in [3.63, 3.8) is 0 Å². The lowest BCUT2D eigenvalue weighted by atomic mass is 9.91. The second-order valence-electron chi connectivity index (χ2n) is 4.19. The van der Waals surface area contributed by atoms with E-state index in [2.05, 4.69) is 39.0 Å². The van der Waals surface area contributed by atoms with Crippen molar-refractivity contribution in [1.82, 2.24) is 0 Å². The summed E-state index contributed by atoms with van der Waals surface area (Å²) in [7, 11) is 0. The first kappa shape index (κ1) is 11.8. The topological polar surface area (TPSA) is 37.3 Å². The number of rotatable bonds is 4. The van der Waals surface area contributed by atoms with E-state index in [1.54, 1.807) is 0 Å². The molecular weight excluding hydrogens is 188 g/mol. The van der Waals surface area contributed by atoms with Gasteiger partial charge in [0.05, 0.1) is 0 Å². The molecule has 1 unspecified atom stereocenters. The summed E-state index contributed by atoms with van der Waals surface area (Å²) in [4.78, 5) is 10.5. The molecule has 0 saturated carbocycles. The molecule has 0 aliphatic carbocycles. The fourth-order valence-electron chi connectivity index (χ4n) is 1.79. The summed E-state index contributed by atoms with van der Waals surface area (Å²) >= 11 is 0. The number of hydrogen-bond donors (Lipinski definition) is 1. The first-order valence-electron chi connectivity index (χ1n) is 5.29. The van der Waals surface area contributed by atoms with Crippen LogP contribution in [0.15, 0.2) is 18.2 Å². The molecule has 0 bridgehead atoms. The zero-order valence-electron chi connectivity index (χ0n) is 9.58. The number of carboxylic acids is 1. The fourth-order valence-corrected chi connectivity index (χ4v) is 1.79. The molecule has 0 heterocycles. The van der Waals surface area contributed by atoms with Crippen LogP contribution in [0.3, 0.4) is 0 Å². The Hall–Kier alpha value is -1.31. The van der Waals surface area contributed by atoms with Gasteiger partial charge in [-0.15, -0.1) is 0 Å². The standard InChI is InChI=1S/C13H18O2/c1-9-4-5-10(2)12(8-9)11(3)6-7-13(14)15/h4-5,8,11H,6-7H2,1-3H3,(H,14,15). The van der Waals surface area contributed by atoms with Gasteiger partial charge < -0.3 is 5.11 Å². The van der Waals surface area contributed by atoms with E-state index in [0.29, 0.717) is 12.3 Å². The first-order valence-corrected chi connectivity index (χ1v) is 5.29. The van der Waals surface area contributed by atoms with Crippen molar-refractivity contribution in [2.24, 2.45) is 0 Å². The highest BCUT2D eigenvalue weighted by Gasteiger charge is 2.10. The molecular formula is C13H18O2. The Morgan fingerprint density at radius 3 is 2.67 bits per heavy atom. The Morgan fingerprint density at radius 2 is 2.07 bits per heavy atom. The molecule has 1 atom stereocenters. The molecule has 82 valence electrons. The van der Waals surface area contributed by atoms with Crippen LogP contribution in [0.25, 0.3) is 0 Å². The molecule has 2 heteroatoms. The molecule has 0 radical (unpaired) electrons. The van der Waals surface area contributed by atoms with Crippen molar-refractivity contribution in [2.75, 3.05) is 0 Å². The zero-order chi connectivity index (χ0) is 11.4. The lowest BCUT2D eigenvalue weighted by Crippen LogP contribution is -2.02. The summed E-state index contributed by atoms with van der Waals surface area (Å²) in [5.74, 6) is -0.395. The zero-order valence-corrected chi connectivity index (χ0v) is 9.58. The third-order valence-electron chi connectivity index (χ3n) is 2.76. The Balaban J connectivity index is 2.76. The quantitative estimate of drug-likeness (QED) is 0.820. The van der Waals surface area contributed by atoms with Gasteiger partial charge in [-0.25, -0.2) is 0 Å². The smallest absolute Gasteiger partial charge is 0.303 e. The Morgan fingerprint density at radius 1 is 1.40 bits per heavy atom. The van der Waals surface area contributed by atoms with Crippen molar-refractivity contribution < 1.29 is 9.90 Å². The van der Waals surface area contributed by atoms with E-state index in [1.807, 2.05) is 0 Å². The predicted molar refractivity (Wildman–Crippen MR) is 61.2 cm³/mol. The van der Waals surface area contributed by atoms with Crippen LogP contribution in [0.1, 0.15) is 42.4 Å². The number of carbonyl (C=O) groups is 1. The minimum atomic E-state index is -0.716. The van der Waals surface area contributed by atoms with E-state index >= 15 is 0 Å². The maximum absolute atomic E-state index is 10.5. The van der Waals surface area contributed by atoms with Gasteiger partial charge in [0, 0.05) is 6.42 Å². The van der Waals surface area contributed by atoms with Gasteiger partial charge in [0.2, 0.25) is 0 Å². The summed E-state index contributed by atoms with van der Waals surface area (Å²) in [5.41, 5.74) is 3.76. The Kier molecular flexibility index (Phi) is 3.89. The second kappa shape index (κ2) is 4.96. The number of benzene rings is 1. The van der Waals surface area contributed by atoms with Gasteiger partial charge in [-0.2, -0.15) is 0 Å². The van der Waals surface area contributed by atoms with E-state index in [1.165, 1.54) is 16.7 Å². The average molecular weight is 206 g/mol. The Bertz CT molecular complexity index is 356. The molecule has 1 N–H and O–H groups in total. The minimum absolute atomic E-state index is 0.245. The van der Waals surface area contributed by atoms with Gasteiger partial charge in [-0.05, 0) is 37.3 Å². The maximum atomic E-state index is 10.5. The molecule has 0 aliphatic heterocycles. The SMILES string of the molecule is Cc1ccc(C)c(C(C)CCC(=O)O)c1. The van der Waals surface area contributed by atoms with Crippen LogP contribution in [0.5, 0.6) is 0 Å². The maximum Gasteiger partial charge on any atom is 0.303 e. The largest absolute Gasteiger partial charge is 0.481 e. The van der Waals surface area contributed by atoms with E-state index in [-0.39, 0.29) is 6.42 Å². The normalized spacial score (nSPS) is 12.5. The van der Waals surface area contributed by atoms with Crippen molar-refractivity contribution in [2.45, 2.75) is 39.5 Å². The van der Waals surface area contributed by atoms with Gasteiger partial charge >= 0.3 is 5.97 Å². The highest BCUT2D eigenvalue weighted by atomic mass is 16.4. The monoisotopic (exact) mass is 206 g/mol. The first-order chi connectivity index (χ1) is 7.00. The highest BCUT2D eigenvalue weighted by molar-refractivity contribution is 5.66. The van der Waals surface area contributed by atoms with Crippen molar-refractivity contribution in [3.8, 4) is 0 Å². The molecule has 1 aromatic rings. The predicted octanol–water partition coefficient (Wildman–Crippen LogP) is 3.27. The molecule has 0 aromatic heterocycles. The molecule has 1 rings (SSSR count). The van der Waals surface area contributed by atoms with E-state index in [4.69, 9.17) is 5.11 Å². The molecule has 15 heavy (non-hydrogen) atoms. The van der Waals surface area contributed by atoms with Gasteiger partial charge in [0.25, 0.3) is 0 Å². The van der Waals surface area contributed by atoms with E-state index < -0.39 is 5.97 Å². The lowest BCUT2D eigenvalue weighted by Gasteiger charge is -2.14. The minimum Gasteiger partial charge on any atom is -0.481 e. The number of aliphatic carboxylic acids is 1. The van der Waals surface area contributed by atoms with Crippen molar-refractivity contribution in [3.05, 3.63) is 34.9 Å². The summed E-state index contributed by atoms with van der Waals surface area (Å²) in [5, 5.41) is 8.63. The van der Waals surface area contributed by atoms with E-state index in [0.717, 1.165) is 0 Å². The second-order valence-corrected chi connectivity index (χ2v) is 4.19. The Labute approximate surface area is 90.9 Å². The summed E-state index contributed by atoms with van der Waals surface area (Å²) in [6.45, 7) is 6.23. The van der Waals surface area contributed by atoms with Gasteiger partial charge in [-0.3, -0.25) is 4.79 Å². The molecule has 0 spiro atoms. The summed E-state index contributed by atoms with van der Waals surface area (Å²) in [6, 6.07) is 6.34. The van der Waals surface area contributed by atoms with Gasteiger partial charge in [0.15, 0.2) is 0 Å². The molecule has 0 aliphatic rings. The van der Waals surface area contributed by atoms with Crippen LogP contribution in [0.2, 0.25) is 0 Å². The molecule has 1 aromatic carbocycles. The molecule has 0 saturated heterocycles. The number of hydrogen-bond acceptors (Lipinski definition) is 1. The van der Waals surface area contributed by atoms with Crippen molar-refractivity contribution in [1.29, 1.82) is 0 Å². The van der Waals surface area contributed by atoms with Crippen LogP contribution in [0.4, 0.5) is 0 Å². The summed E-state index contributed by atoms with van der Waals surface area (Å²) in [6.07, 6.45) is 0.953. The van der Waals surface area contributed by atoms with Crippen LogP contribution in [-0.4, -0.2) is 11.1 Å². The molecule has 2 nitrogen and oxygen atoms in total. The highest BCUT2D eigenvalue weighted by Crippen LogP contribution is 2.24. The fraction of sp³-hybridized carbons (Fsp3) is 0.462. The third-order valence-corrected chi connectivity index (χ3v) is 2.76. The van der Waals surface area contributed by atoms with Crippen LogP contribution in [-0.2, 0) is 4.79 Å². The molecule has 0 amide bonds. The lowest BCUT2D eigenvalue weighted by molar-refractivity contribution is -0.137. The van der Waals surface area contributed by atoms with Crippen LogP contribution >= 0.6 is 0 Å². The number of carboxylic acid groups (broad SMARTS) is 1. The number of aryl methyl sites for hydroxylation is 2. The van der Waals surface area contributed by atoms with Crippen LogP contribution < -0.4 is 0 Å². The van der Waals surface area contributed by atoms with Gasteiger partial charge in [0.1, 0.15) is 0 Å². The summed E-state index contributed by atoms with van der Waals surface area (Å²) < 4.78 is 0. The van der Waals surface area contributed by atoms with Crippen molar-refractivity contribution >= 4 is 5.97 Å². The molecule has 0 fully saturated rings. The van der Waals surface area contributed by atoms with Gasteiger partial charge in [-0.1, -0.05) is 30.7 Å².